The van der Waals surface area contributed by atoms with Gasteiger partial charge in [-0.2, -0.15) is 0 Å². The van der Waals surface area contributed by atoms with Crippen LogP contribution < -0.4 is 10.4 Å². The molecule has 4 heteroatoms. The lowest BCUT2D eigenvalue weighted by Crippen LogP contribution is -2.36. The predicted octanol–water partition coefficient (Wildman–Crippen LogP) is 1.75. The largest absolute Gasteiger partial charge is 0.550 e. The van der Waals surface area contributed by atoms with Crippen molar-refractivity contribution in [2.75, 3.05) is 0 Å². The molecular formula is C16H22NO3-. The summed E-state index contributed by atoms with van der Waals surface area (Å²) in [6, 6.07) is 8.82. The number of carbonyl (C=O) groups is 2. The van der Waals surface area contributed by atoms with Crippen LogP contribution >= 0.6 is 0 Å². The summed E-state index contributed by atoms with van der Waals surface area (Å²) in [4.78, 5) is 22.6. The fourth-order valence-corrected chi connectivity index (χ4v) is 1.97. The quantitative estimate of drug-likeness (QED) is 0.786. The van der Waals surface area contributed by atoms with E-state index >= 15 is 0 Å². The number of rotatable bonds is 8. The second kappa shape index (κ2) is 8.35. The number of aliphatic carboxylic acids is 1. The van der Waals surface area contributed by atoms with Crippen molar-refractivity contribution in [2.24, 2.45) is 5.92 Å². The third-order valence-electron chi connectivity index (χ3n) is 3.16. The average Bonchev–Trinajstić information content (AvgIpc) is 2.42. The number of hydrogen-bond acceptors (Lipinski definition) is 3. The number of carboxylic acid groups (broad SMARTS) is 1. The Labute approximate surface area is 120 Å². The highest BCUT2D eigenvalue weighted by Gasteiger charge is 2.14. The van der Waals surface area contributed by atoms with Crippen LogP contribution in [0.4, 0.5) is 0 Å². The zero-order valence-electron chi connectivity index (χ0n) is 12.1. The molecule has 0 saturated carbocycles. The third-order valence-corrected chi connectivity index (χ3v) is 3.16. The van der Waals surface area contributed by atoms with Crippen LogP contribution in [0.5, 0.6) is 0 Å². The lowest BCUT2D eigenvalue weighted by Gasteiger charge is -2.20. The molecule has 0 unspecified atom stereocenters. The second-order valence-corrected chi connectivity index (χ2v) is 5.42. The van der Waals surface area contributed by atoms with Gasteiger partial charge < -0.3 is 15.2 Å². The van der Waals surface area contributed by atoms with E-state index in [9.17, 15) is 14.7 Å². The Hall–Kier alpha value is -1.84. The van der Waals surface area contributed by atoms with Crippen molar-refractivity contribution in [3.8, 4) is 0 Å². The van der Waals surface area contributed by atoms with E-state index in [0.29, 0.717) is 17.9 Å². The standard InChI is InChI=1S/C16H23NO3/c1-12(2)8-9-14(10-11-15(18)19)17-16(20)13-6-4-3-5-7-13/h3-7,12,14H,8-11H2,1-2H3,(H,17,20)(H,18,19)/p-1/t14-/m0/s1. The second-order valence-electron chi connectivity index (χ2n) is 5.42. The van der Waals surface area contributed by atoms with Gasteiger partial charge in [0.1, 0.15) is 0 Å². The summed E-state index contributed by atoms with van der Waals surface area (Å²) in [6.07, 6.45) is 2.11. The number of nitrogens with one attached hydrogen (secondary N) is 1. The van der Waals surface area contributed by atoms with Gasteiger partial charge in [-0.1, -0.05) is 32.0 Å². The van der Waals surface area contributed by atoms with Crippen molar-refractivity contribution in [3.05, 3.63) is 35.9 Å². The first-order chi connectivity index (χ1) is 9.49. The highest BCUT2D eigenvalue weighted by molar-refractivity contribution is 5.94. The lowest BCUT2D eigenvalue weighted by atomic mass is 9.99. The molecule has 0 spiro atoms. The van der Waals surface area contributed by atoms with E-state index in [1.807, 2.05) is 6.07 Å². The van der Waals surface area contributed by atoms with Gasteiger partial charge in [-0.15, -0.1) is 0 Å². The van der Waals surface area contributed by atoms with Crippen LogP contribution in [0.1, 0.15) is 49.9 Å². The maximum atomic E-state index is 12.1. The molecule has 4 nitrogen and oxygen atoms in total. The van der Waals surface area contributed by atoms with Gasteiger partial charge in [0.25, 0.3) is 5.91 Å². The van der Waals surface area contributed by atoms with E-state index in [1.54, 1.807) is 24.3 Å². The zero-order valence-corrected chi connectivity index (χ0v) is 12.1. The summed E-state index contributed by atoms with van der Waals surface area (Å²) >= 11 is 0. The number of amides is 1. The Morgan fingerprint density at radius 3 is 2.30 bits per heavy atom. The first-order valence-corrected chi connectivity index (χ1v) is 7.04. The maximum absolute atomic E-state index is 12.1. The van der Waals surface area contributed by atoms with E-state index in [-0.39, 0.29) is 18.4 Å². The van der Waals surface area contributed by atoms with E-state index in [4.69, 9.17) is 0 Å². The van der Waals surface area contributed by atoms with Gasteiger partial charge in [0, 0.05) is 17.6 Å². The molecule has 0 bridgehead atoms. The Morgan fingerprint density at radius 2 is 1.75 bits per heavy atom. The summed E-state index contributed by atoms with van der Waals surface area (Å²) in [5, 5.41) is 13.5. The van der Waals surface area contributed by atoms with E-state index in [1.165, 1.54) is 0 Å². The molecule has 1 aromatic rings. The van der Waals surface area contributed by atoms with Crippen molar-refractivity contribution in [1.82, 2.24) is 5.32 Å². The highest BCUT2D eigenvalue weighted by atomic mass is 16.4. The molecule has 0 fully saturated rings. The van der Waals surface area contributed by atoms with Crippen LogP contribution in [0, 0.1) is 5.92 Å². The van der Waals surface area contributed by atoms with Gasteiger partial charge in [-0.25, -0.2) is 0 Å². The van der Waals surface area contributed by atoms with E-state index < -0.39 is 5.97 Å². The van der Waals surface area contributed by atoms with Crippen LogP contribution in [-0.2, 0) is 4.79 Å². The Kier molecular flexibility index (Phi) is 6.77. The summed E-state index contributed by atoms with van der Waals surface area (Å²) < 4.78 is 0. The number of hydrogen-bond donors (Lipinski definition) is 1. The lowest BCUT2D eigenvalue weighted by molar-refractivity contribution is -0.305. The van der Waals surface area contributed by atoms with Crippen LogP contribution in [-0.4, -0.2) is 17.9 Å². The first-order valence-electron chi connectivity index (χ1n) is 7.04. The molecule has 1 rings (SSSR count). The molecule has 0 aliphatic heterocycles. The molecule has 0 aromatic heterocycles. The topological polar surface area (TPSA) is 69.2 Å². The minimum absolute atomic E-state index is 0.0299. The summed E-state index contributed by atoms with van der Waals surface area (Å²) in [6.45, 7) is 4.21. The smallest absolute Gasteiger partial charge is 0.251 e. The highest BCUT2D eigenvalue weighted by Crippen LogP contribution is 2.12. The van der Waals surface area contributed by atoms with E-state index in [0.717, 1.165) is 12.8 Å². The molecule has 0 heterocycles. The van der Waals surface area contributed by atoms with Gasteiger partial charge >= 0.3 is 0 Å². The molecular weight excluding hydrogens is 254 g/mol. The molecule has 0 radical (unpaired) electrons. The molecule has 20 heavy (non-hydrogen) atoms. The zero-order chi connectivity index (χ0) is 15.0. The minimum Gasteiger partial charge on any atom is -0.550 e. The van der Waals surface area contributed by atoms with Gasteiger partial charge in [-0.3, -0.25) is 4.79 Å². The Morgan fingerprint density at radius 1 is 1.10 bits per heavy atom. The molecule has 1 amide bonds. The van der Waals surface area contributed by atoms with Gasteiger partial charge in [0.2, 0.25) is 0 Å². The van der Waals surface area contributed by atoms with Crippen LogP contribution in [0.3, 0.4) is 0 Å². The van der Waals surface area contributed by atoms with Gasteiger partial charge in [0.15, 0.2) is 0 Å². The first kappa shape index (κ1) is 16.2. The third kappa shape index (κ3) is 6.36. The van der Waals surface area contributed by atoms with Gasteiger partial charge in [-0.05, 0) is 43.7 Å². The number of carbonyl (C=O) groups excluding carboxylic acids is 2. The molecule has 1 atom stereocenters. The van der Waals surface area contributed by atoms with Crippen molar-refractivity contribution in [3.63, 3.8) is 0 Å². The normalized spacial score (nSPS) is 12.2. The SMILES string of the molecule is CC(C)CC[C@@H](CCC(=O)[O-])NC(=O)c1ccccc1. The summed E-state index contributed by atoms with van der Waals surface area (Å²) in [7, 11) is 0. The molecule has 0 saturated heterocycles. The van der Waals surface area contributed by atoms with Crippen molar-refractivity contribution < 1.29 is 14.7 Å². The number of benzene rings is 1. The van der Waals surface area contributed by atoms with Crippen LogP contribution in [0.25, 0.3) is 0 Å². The Balaban J connectivity index is 2.58. The maximum Gasteiger partial charge on any atom is 0.251 e. The monoisotopic (exact) mass is 276 g/mol. The molecule has 1 aromatic carbocycles. The van der Waals surface area contributed by atoms with Crippen LogP contribution in [0.2, 0.25) is 0 Å². The summed E-state index contributed by atoms with van der Waals surface area (Å²) in [5.74, 6) is -0.708. The molecule has 110 valence electrons. The van der Waals surface area contributed by atoms with E-state index in [2.05, 4.69) is 19.2 Å². The van der Waals surface area contributed by atoms with Crippen molar-refractivity contribution >= 4 is 11.9 Å². The van der Waals surface area contributed by atoms with Crippen molar-refractivity contribution in [1.29, 1.82) is 0 Å². The molecule has 0 aliphatic rings. The fraction of sp³-hybridized carbons (Fsp3) is 0.500. The van der Waals surface area contributed by atoms with Crippen LogP contribution in [0.15, 0.2) is 30.3 Å². The average molecular weight is 276 g/mol. The van der Waals surface area contributed by atoms with Gasteiger partial charge in [0.05, 0.1) is 0 Å². The number of carboxylic acids is 1. The van der Waals surface area contributed by atoms with Crippen molar-refractivity contribution in [2.45, 2.75) is 45.6 Å². The Bertz CT molecular complexity index is 429. The molecule has 0 aliphatic carbocycles. The summed E-state index contributed by atoms with van der Waals surface area (Å²) in [5.41, 5.74) is 0.593. The fourth-order valence-electron chi connectivity index (χ4n) is 1.97. The minimum atomic E-state index is -1.08. The molecule has 1 N–H and O–H groups in total. The predicted molar refractivity (Wildman–Crippen MR) is 76.0 cm³/mol.